The maximum absolute atomic E-state index is 4.60. The molecule has 0 aliphatic heterocycles. The van der Waals surface area contributed by atoms with E-state index in [1.165, 1.54) is 19.3 Å². The molecule has 4 heteroatoms. The lowest BCUT2D eigenvalue weighted by Gasteiger charge is -2.30. The van der Waals surface area contributed by atoms with Crippen LogP contribution >= 0.6 is 0 Å². The van der Waals surface area contributed by atoms with E-state index >= 15 is 0 Å². The van der Waals surface area contributed by atoms with E-state index in [9.17, 15) is 0 Å². The van der Waals surface area contributed by atoms with Crippen molar-refractivity contribution in [1.29, 1.82) is 0 Å². The Bertz CT molecular complexity index is 349. The van der Waals surface area contributed by atoms with Gasteiger partial charge in [-0.2, -0.15) is 0 Å². The van der Waals surface area contributed by atoms with Crippen LogP contribution in [-0.2, 0) is 6.42 Å². The van der Waals surface area contributed by atoms with Gasteiger partial charge in [0.15, 0.2) is 0 Å². The Morgan fingerprint density at radius 2 is 2.29 bits per heavy atom. The smallest absolute Gasteiger partial charge is 0.131 e. The van der Waals surface area contributed by atoms with Crippen LogP contribution in [0.15, 0.2) is 12.3 Å². The summed E-state index contributed by atoms with van der Waals surface area (Å²) >= 11 is 0. The number of nitrogens with zero attached hydrogens (tertiary/aromatic N) is 3. The summed E-state index contributed by atoms with van der Waals surface area (Å²) in [4.78, 5) is 11.1. The van der Waals surface area contributed by atoms with Crippen molar-refractivity contribution in [2.45, 2.75) is 25.7 Å². The first-order valence-corrected chi connectivity index (χ1v) is 6.47. The van der Waals surface area contributed by atoms with E-state index in [1.807, 2.05) is 19.3 Å². The molecule has 1 aliphatic carbocycles. The van der Waals surface area contributed by atoms with E-state index in [4.69, 9.17) is 0 Å². The Morgan fingerprint density at radius 1 is 1.47 bits per heavy atom. The van der Waals surface area contributed by atoms with E-state index in [1.54, 1.807) is 0 Å². The van der Waals surface area contributed by atoms with Crippen LogP contribution in [0.25, 0.3) is 0 Å². The number of hydrogen-bond acceptors (Lipinski definition) is 4. The molecule has 0 radical (unpaired) electrons. The highest BCUT2D eigenvalue weighted by atomic mass is 15.2. The lowest BCUT2D eigenvalue weighted by molar-refractivity contribution is 0.321. The molecule has 94 valence electrons. The van der Waals surface area contributed by atoms with Crippen LogP contribution in [0, 0.1) is 5.92 Å². The highest BCUT2D eigenvalue weighted by Gasteiger charge is 2.19. The van der Waals surface area contributed by atoms with Gasteiger partial charge in [-0.1, -0.05) is 6.42 Å². The Morgan fingerprint density at radius 3 is 2.94 bits per heavy atom. The molecular formula is C13H22N4. The second kappa shape index (κ2) is 5.96. The van der Waals surface area contributed by atoms with Crippen molar-refractivity contribution in [2.75, 3.05) is 32.1 Å². The Hall–Kier alpha value is -1.16. The molecule has 1 saturated carbocycles. The summed E-state index contributed by atoms with van der Waals surface area (Å²) in [6.07, 6.45) is 6.91. The van der Waals surface area contributed by atoms with Gasteiger partial charge in [0.25, 0.3) is 0 Å². The summed E-state index contributed by atoms with van der Waals surface area (Å²) in [5.74, 6) is 2.85. The third-order valence-electron chi connectivity index (χ3n) is 3.44. The molecule has 0 bridgehead atoms. The molecule has 1 aromatic rings. The van der Waals surface area contributed by atoms with E-state index in [-0.39, 0.29) is 0 Å². The van der Waals surface area contributed by atoms with Gasteiger partial charge in [0.1, 0.15) is 11.6 Å². The molecule has 4 nitrogen and oxygen atoms in total. The molecule has 0 unspecified atom stereocenters. The number of rotatable bonds is 6. The van der Waals surface area contributed by atoms with Gasteiger partial charge in [-0.05, 0) is 31.9 Å². The quantitative estimate of drug-likeness (QED) is 0.809. The second-order valence-corrected chi connectivity index (χ2v) is 4.86. The van der Waals surface area contributed by atoms with Gasteiger partial charge in [0.2, 0.25) is 0 Å². The van der Waals surface area contributed by atoms with Crippen LogP contribution in [0.2, 0.25) is 0 Å². The molecular weight excluding hydrogens is 212 g/mol. The summed E-state index contributed by atoms with van der Waals surface area (Å²) in [5, 5.41) is 3.12. The zero-order valence-corrected chi connectivity index (χ0v) is 10.8. The third-order valence-corrected chi connectivity index (χ3v) is 3.44. The van der Waals surface area contributed by atoms with E-state index in [2.05, 4.69) is 27.2 Å². The van der Waals surface area contributed by atoms with Crippen molar-refractivity contribution in [3.8, 4) is 0 Å². The van der Waals surface area contributed by atoms with Gasteiger partial charge in [0, 0.05) is 32.8 Å². The number of likely N-dealkylation sites (N-methyl/N-ethyl adjacent to an activating group) is 1. The molecule has 1 fully saturated rings. The van der Waals surface area contributed by atoms with Crippen molar-refractivity contribution >= 4 is 5.82 Å². The van der Waals surface area contributed by atoms with Gasteiger partial charge >= 0.3 is 0 Å². The third kappa shape index (κ3) is 3.40. The zero-order valence-electron chi connectivity index (χ0n) is 10.8. The zero-order chi connectivity index (χ0) is 12.1. The maximum atomic E-state index is 4.60. The first-order valence-electron chi connectivity index (χ1n) is 6.47. The molecule has 0 atom stereocenters. The summed E-state index contributed by atoms with van der Waals surface area (Å²) in [7, 11) is 4.08. The molecule has 0 amide bonds. The second-order valence-electron chi connectivity index (χ2n) is 4.86. The molecule has 1 aliphatic rings. The average Bonchev–Trinajstić information content (AvgIpc) is 2.31. The molecule has 0 saturated heterocycles. The monoisotopic (exact) mass is 234 g/mol. The van der Waals surface area contributed by atoms with Crippen LogP contribution in [0.3, 0.4) is 0 Å². The standard InChI is InChI=1S/C13H22N4/c1-14-8-6-12-15-9-7-13(16-12)17(2)10-11-4-3-5-11/h7,9,11,14H,3-6,8,10H2,1-2H3. The summed E-state index contributed by atoms with van der Waals surface area (Å²) in [6.45, 7) is 2.05. The predicted octanol–water partition coefficient (Wildman–Crippen LogP) is 1.47. The lowest BCUT2D eigenvalue weighted by Crippen LogP contribution is -2.30. The van der Waals surface area contributed by atoms with Gasteiger partial charge in [0.05, 0.1) is 0 Å². The summed E-state index contributed by atoms with van der Waals surface area (Å²) < 4.78 is 0. The Balaban J connectivity index is 1.93. The van der Waals surface area contributed by atoms with E-state index in [0.29, 0.717) is 0 Å². The van der Waals surface area contributed by atoms with Crippen molar-refractivity contribution in [3.63, 3.8) is 0 Å². The highest BCUT2D eigenvalue weighted by molar-refractivity contribution is 5.36. The fourth-order valence-corrected chi connectivity index (χ4v) is 2.11. The molecule has 1 aromatic heterocycles. The van der Waals surface area contributed by atoms with Crippen molar-refractivity contribution in [1.82, 2.24) is 15.3 Å². The molecule has 2 rings (SSSR count). The van der Waals surface area contributed by atoms with Crippen LogP contribution in [0.4, 0.5) is 5.82 Å². The molecule has 17 heavy (non-hydrogen) atoms. The number of hydrogen-bond donors (Lipinski definition) is 1. The van der Waals surface area contributed by atoms with Crippen molar-refractivity contribution < 1.29 is 0 Å². The minimum absolute atomic E-state index is 0.871. The van der Waals surface area contributed by atoms with Crippen molar-refractivity contribution in [3.05, 3.63) is 18.1 Å². The fraction of sp³-hybridized carbons (Fsp3) is 0.692. The van der Waals surface area contributed by atoms with Crippen LogP contribution < -0.4 is 10.2 Å². The molecule has 0 aromatic carbocycles. The van der Waals surface area contributed by atoms with Crippen LogP contribution in [-0.4, -0.2) is 37.2 Å². The Kier molecular flexibility index (Phi) is 4.31. The van der Waals surface area contributed by atoms with Gasteiger partial charge in [-0.15, -0.1) is 0 Å². The van der Waals surface area contributed by atoms with E-state index < -0.39 is 0 Å². The minimum Gasteiger partial charge on any atom is -0.359 e. The predicted molar refractivity (Wildman–Crippen MR) is 70.3 cm³/mol. The molecule has 1 heterocycles. The Labute approximate surface area is 103 Å². The van der Waals surface area contributed by atoms with Gasteiger partial charge in [-0.25, -0.2) is 9.97 Å². The maximum Gasteiger partial charge on any atom is 0.131 e. The SMILES string of the molecule is CNCCc1nccc(N(C)CC2CCC2)n1. The highest BCUT2D eigenvalue weighted by Crippen LogP contribution is 2.27. The largest absolute Gasteiger partial charge is 0.359 e. The number of nitrogens with one attached hydrogen (secondary N) is 1. The molecule has 0 spiro atoms. The number of aromatic nitrogens is 2. The first kappa shape index (κ1) is 12.3. The summed E-state index contributed by atoms with van der Waals surface area (Å²) in [5.41, 5.74) is 0. The topological polar surface area (TPSA) is 41.1 Å². The molecule has 1 N–H and O–H groups in total. The van der Waals surface area contributed by atoms with Gasteiger partial charge in [-0.3, -0.25) is 0 Å². The first-order chi connectivity index (χ1) is 8.29. The lowest BCUT2D eigenvalue weighted by atomic mass is 9.85. The van der Waals surface area contributed by atoms with E-state index in [0.717, 1.165) is 37.1 Å². The fourth-order valence-electron chi connectivity index (χ4n) is 2.11. The normalized spacial score (nSPS) is 15.6. The average molecular weight is 234 g/mol. The van der Waals surface area contributed by atoms with Crippen LogP contribution in [0.1, 0.15) is 25.1 Å². The van der Waals surface area contributed by atoms with Crippen LogP contribution in [0.5, 0.6) is 0 Å². The van der Waals surface area contributed by atoms with Gasteiger partial charge < -0.3 is 10.2 Å². The minimum atomic E-state index is 0.871. The van der Waals surface area contributed by atoms with Crippen molar-refractivity contribution in [2.24, 2.45) is 5.92 Å². The summed E-state index contributed by atoms with van der Waals surface area (Å²) in [6, 6.07) is 2.00. The number of anilines is 1.